The lowest BCUT2D eigenvalue weighted by molar-refractivity contribution is 0.177. The zero-order chi connectivity index (χ0) is 19.7. The lowest BCUT2D eigenvalue weighted by atomic mass is 9.90. The molecular weight excluding hydrogens is 378 g/mol. The van der Waals surface area contributed by atoms with Gasteiger partial charge in [-0.15, -0.1) is 0 Å². The van der Waals surface area contributed by atoms with Crippen molar-refractivity contribution in [3.63, 3.8) is 0 Å². The number of nitrogens with one attached hydrogen (secondary N) is 1. The predicted octanol–water partition coefficient (Wildman–Crippen LogP) is 3.18. The highest BCUT2D eigenvalue weighted by molar-refractivity contribution is 6.30. The van der Waals surface area contributed by atoms with E-state index < -0.39 is 0 Å². The van der Waals surface area contributed by atoms with Crippen molar-refractivity contribution in [2.45, 2.75) is 32.7 Å². The minimum Gasteiger partial charge on any atom is -0.361 e. The number of likely N-dealkylation sites (tertiary alicyclic amines) is 1. The van der Waals surface area contributed by atoms with Gasteiger partial charge in [0.25, 0.3) is 0 Å². The number of aromatic nitrogens is 4. The molecule has 0 spiro atoms. The van der Waals surface area contributed by atoms with Crippen LogP contribution >= 0.6 is 11.6 Å². The van der Waals surface area contributed by atoms with E-state index in [2.05, 4.69) is 20.1 Å². The molecule has 0 atom stereocenters. The molecule has 0 bridgehead atoms. The van der Waals surface area contributed by atoms with Crippen LogP contribution in [-0.4, -0.2) is 37.9 Å². The summed E-state index contributed by atoms with van der Waals surface area (Å²) in [5.74, 6) is 1.38. The van der Waals surface area contributed by atoms with Gasteiger partial charge in [0, 0.05) is 37.5 Å². The molecule has 28 heavy (non-hydrogen) atoms. The number of rotatable bonds is 5. The van der Waals surface area contributed by atoms with Crippen molar-refractivity contribution in [2.75, 3.05) is 13.1 Å². The lowest BCUT2D eigenvalue weighted by Gasteiger charge is -2.32. The molecule has 3 aromatic rings. The van der Waals surface area contributed by atoms with Crippen molar-refractivity contribution in [2.24, 2.45) is 13.0 Å². The summed E-state index contributed by atoms with van der Waals surface area (Å²) in [5, 5.41) is 9.29. The Labute approximate surface area is 168 Å². The standard InChI is InChI=1S/C20H24ClN5O2/c1-13-9-17(24-28-13)19-16(20(21)25(2)23-19)12-26-7-5-14(6-8-26)10-15-3-4-18(27)22-11-15/h3-4,9,11,14H,5-8,10,12H2,1-2H3,(H,22,27). The van der Waals surface area contributed by atoms with Gasteiger partial charge in [0.15, 0.2) is 0 Å². The molecule has 7 nitrogen and oxygen atoms in total. The molecular formula is C20H24ClN5O2. The Balaban J connectivity index is 1.41. The van der Waals surface area contributed by atoms with Gasteiger partial charge in [-0.25, -0.2) is 0 Å². The number of H-pyrrole nitrogens is 1. The number of hydrogen-bond acceptors (Lipinski definition) is 5. The van der Waals surface area contributed by atoms with E-state index in [9.17, 15) is 4.79 Å². The summed E-state index contributed by atoms with van der Waals surface area (Å²) >= 11 is 6.53. The Morgan fingerprint density at radius 2 is 2.11 bits per heavy atom. The maximum atomic E-state index is 11.2. The minimum absolute atomic E-state index is 0.0509. The van der Waals surface area contributed by atoms with Gasteiger partial charge < -0.3 is 9.51 Å². The summed E-state index contributed by atoms with van der Waals surface area (Å²) in [6, 6.07) is 5.41. The first-order valence-electron chi connectivity index (χ1n) is 9.54. The third kappa shape index (κ3) is 4.05. The van der Waals surface area contributed by atoms with Gasteiger partial charge in [-0.1, -0.05) is 22.8 Å². The molecule has 0 aliphatic carbocycles. The van der Waals surface area contributed by atoms with Crippen LogP contribution in [0.4, 0.5) is 0 Å². The van der Waals surface area contributed by atoms with E-state index in [1.54, 1.807) is 10.7 Å². The van der Waals surface area contributed by atoms with Gasteiger partial charge >= 0.3 is 0 Å². The first kappa shape index (κ1) is 19.0. The van der Waals surface area contributed by atoms with Crippen LogP contribution in [0.3, 0.4) is 0 Å². The number of halogens is 1. The van der Waals surface area contributed by atoms with Gasteiger partial charge in [0.1, 0.15) is 22.3 Å². The highest BCUT2D eigenvalue weighted by atomic mass is 35.5. The van der Waals surface area contributed by atoms with Crippen molar-refractivity contribution < 1.29 is 4.52 Å². The average molecular weight is 402 g/mol. The van der Waals surface area contributed by atoms with Crippen LogP contribution in [0.25, 0.3) is 11.4 Å². The quantitative estimate of drug-likeness (QED) is 0.710. The summed E-state index contributed by atoms with van der Waals surface area (Å²) in [6.07, 6.45) is 5.07. The van der Waals surface area contributed by atoms with Crippen LogP contribution in [0, 0.1) is 12.8 Å². The molecule has 148 valence electrons. The summed E-state index contributed by atoms with van der Waals surface area (Å²) in [5.41, 5.74) is 3.65. The summed E-state index contributed by atoms with van der Waals surface area (Å²) < 4.78 is 6.91. The summed E-state index contributed by atoms with van der Waals surface area (Å²) in [7, 11) is 1.85. The van der Waals surface area contributed by atoms with Crippen molar-refractivity contribution in [3.8, 4) is 11.4 Å². The van der Waals surface area contributed by atoms with Crippen LogP contribution in [0.5, 0.6) is 0 Å². The first-order valence-corrected chi connectivity index (χ1v) is 9.92. The molecule has 0 amide bonds. The Hall–Kier alpha value is -2.38. The van der Waals surface area contributed by atoms with E-state index in [0.717, 1.165) is 61.6 Å². The van der Waals surface area contributed by atoms with E-state index in [0.29, 0.717) is 11.1 Å². The average Bonchev–Trinajstić information content (AvgIpc) is 3.23. The smallest absolute Gasteiger partial charge is 0.247 e. The van der Waals surface area contributed by atoms with E-state index in [1.165, 1.54) is 5.56 Å². The second-order valence-electron chi connectivity index (χ2n) is 7.55. The highest BCUT2D eigenvalue weighted by Gasteiger charge is 2.24. The zero-order valence-corrected chi connectivity index (χ0v) is 16.9. The second-order valence-corrected chi connectivity index (χ2v) is 7.91. The van der Waals surface area contributed by atoms with Gasteiger partial charge in [-0.05, 0) is 50.8 Å². The molecule has 0 radical (unpaired) electrons. The fourth-order valence-electron chi connectivity index (χ4n) is 3.85. The van der Waals surface area contributed by atoms with Crippen molar-refractivity contribution in [3.05, 3.63) is 56.8 Å². The number of nitrogens with zero attached hydrogens (tertiary/aromatic N) is 4. The zero-order valence-electron chi connectivity index (χ0n) is 16.1. The second kappa shape index (κ2) is 7.93. The van der Waals surface area contributed by atoms with Crippen molar-refractivity contribution >= 4 is 11.6 Å². The molecule has 1 saturated heterocycles. The molecule has 4 rings (SSSR count). The number of piperidine rings is 1. The number of hydrogen-bond donors (Lipinski definition) is 1. The Bertz CT molecular complexity index is 994. The van der Waals surface area contributed by atoms with Crippen LogP contribution in [0.2, 0.25) is 5.15 Å². The van der Waals surface area contributed by atoms with Gasteiger partial charge in [0.05, 0.1) is 0 Å². The topological polar surface area (TPSA) is 80.0 Å². The summed E-state index contributed by atoms with van der Waals surface area (Å²) in [6.45, 7) is 4.64. The SMILES string of the molecule is Cc1cc(-c2nn(C)c(Cl)c2CN2CCC(Cc3ccc(=O)[nH]c3)CC2)no1. The van der Waals surface area contributed by atoms with E-state index in [4.69, 9.17) is 16.1 Å². The fourth-order valence-corrected chi connectivity index (χ4v) is 4.03. The molecule has 8 heteroatoms. The molecule has 4 heterocycles. The Morgan fingerprint density at radius 3 is 2.75 bits per heavy atom. The molecule has 0 unspecified atom stereocenters. The molecule has 1 aliphatic heterocycles. The monoisotopic (exact) mass is 401 g/mol. The predicted molar refractivity (Wildman–Crippen MR) is 107 cm³/mol. The van der Waals surface area contributed by atoms with E-state index in [-0.39, 0.29) is 5.56 Å². The van der Waals surface area contributed by atoms with Gasteiger partial charge in [-0.3, -0.25) is 14.4 Å². The summed E-state index contributed by atoms with van der Waals surface area (Å²) in [4.78, 5) is 16.4. The van der Waals surface area contributed by atoms with E-state index >= 15 is 0 Å². The molecule has 0 aromatic carbocycles. The van der Waals surface area contributed by atoms with Crippen LogP contribution < -0.4 is 5.56 Å². The van der Waals surface area contributed by atoms with Gasteiger partial charge in [0.2, 0.25) is 5.56 Å². The molecule has 0 saturated carbocycles. The normalized spacial score (nSPS) is 16.0. The Kier molecular flexibility index (Phi) is 5.37. The van der Waals surface area contributed by atoms with E-state index in [1.807, 2.05) is 32.3 Å². The Morgan fingerprint density at radius 1 is 1.32 bits per heavy atom. The molecule has 1 fully saturated rings. The maximum absolute atomic E-state index is 11.2. The van der Waals surface area contributed by atoms with Crippen LogP contribution in [0.15, 0.2) is 33.7 Å². The van der Waals surface area contributed by atoms with Gasteiger partial charge in [-0.2, -0.15) is 5.10 Å². The third-order valence-corrected chi connectivity index (χ3v) is 5.87. The third-order valence-electron chi connectivity index (χ3n) is 5.40. The minimum atomic E-state index is -0.0509. The van der Waals surface area contributed by atoms with Crippen molar-refractivity contribution in [1.29, 1.82) is 0 Å². The molecule has 1 aliphatic rings. The van der Waals surface area contributed by atoms with Crippen LogP contribution in [0.1, 0.15) is 29.7 Å². The molecule has 1 N–H and O–H groups in total. The first-order chi connectivity index (χ1) is 13.5. The number of aromatic amines is 1. The lowest BCUT2D eigenvalue weighted by Crippen LogP contribution is -2.34. The number of pyridine rings is 1. The molecule has 3 aromatic heterocycles. The number of aryl methyl sites for hydroxylation is 2. The van der Waals surface area contributed by atoms with Crippen molar-refractivity contribution in [1.82, 2.24) is 24.8 Å². The fraction of sp³-hybridized carbons (Fsp3) is 0.450. The highest BCUT2D eigenvalue weighted by Crippen LogP contribution is 2.31. The maximum Gasteiger partial charge on any atom is 0.247 e. The van der Waals surface area contributed by atoms with Crippen LogP contribution in [-0.2, 0) is 20.0 Å². The largest absolute Gasteiger partial charge is 0.361 e.